The molecule has 5 nitrogen and oxygen atoms in total. The molecule has 0 radical (unpaired) electrons. The molecule has 0 amide bonds. The van der Waals surface area contributed by atoms with Gasteiger partial charge in [-0.15, -0.1) is 0 Å². The summed E-state index contributed by atoms with van der Waals surface area (Å²) >= 11 is 0.890. The number of hydrogen-bond donors (Lipinski definition) is 1. The lowest BCUT2D eigenvalue weighted by Gasteiger charge is -2.39. The van der Waals surface area contributed by atoms with Crippen LogP contribution in [0.1, 0.15) is 53.5 Å². The summed E-state index contributed by atoms with van der Waals surface area (Å²) in [5.74, 6) is -2.15. The predicted molar refractivity (Wildman–Crippen MR) is 103 cm³/mol. The van der Waals surface area contributed by atoms with E-state index in [-0.39, 0.29) is 11.5 Å². The van der Waals surface area contributed by atoms with E-state index in [4.69, 9.17) is 4.74 Å². The summed E-state index contributed by atoms with van der Waals surface area (Å²) in [4.78, 5) is 37.0. The highest BCUT2D eigenvalue weighted by Gasteiger charge is 2.57. The number of aryl methyl sites for hydroxylation is 1. The molecule has 144 valence electrons. The molecular formula is C20H28O5S. The van der Waals surface area contributed by atoms with Gasteiger partial charge in [-0.2, -0.15) is 0 Å². The molecule has 1 unspecified atom stereocenters. The Morgan fingerprint density at radius 3 is 2.00 bits per heavy atom. The van der Waals surface area contributed by atoms with E-state index in [0.717, 1.165) is 17.3 Å². The Bertz CT molecular complexity index is 661. The number of rotatable bonds is 7. The van der Waals surface area contributed by atoms with Crippen LogP contribution in [0.25, 0.3) is 0 Å². The van der Waals surface area contributed by atoms with E-state index in [1.165, 1.54) is 6.92 Å². The van der Waals surface area contributed by atoms with E-state index in [1.54, 1.807) is 34.6 Å². The van der Waals surface area contributed by atoms with Crippen molar-refractivity contribution in [3.05, 3.63) is 35.9 Å². The van der Waals surface area contributed by atoms with E-state index in [2.05, 4.69) is 0 Å². The summed E-state index contributed by atoms with van der Waals surface area (Å²) in [6.07, 6.45) is 0.834. The van der Waals surface area contributed by atoms with Gasteiger partial charge in [-0.05, 0) is 53.5 Å². The Morgan fingerprint density at radius 2 is 1.54 bits per heavy atom. The van der Waals surface area contributed by atoms with Gasteiger partial charge >= 0.3 is 11.9 Å². The minimum Gasteiger partial charge on any atom is -0.480 e. The van der Waals surface area contributed by atoms with Crippen LogP contribution in [0.4, 0.5) is 0 Å². The molecule has 0 fully saturated rings. The second-order valence-corrected chi connectivity index (χ2v) is 9.58. The Labute approximate surface area is 159 Å². The van der Waals surface area contributed by atoms with Crippen molar-refractivity contribution in [3.63, 3.8) is 0 Å². The third-order valence-corrected chi connectivity index (χ3v) is 5.62. The second-order valence-electron chi connectivity index (χ2n) is 7.90. The number of hydrogen-bond acceptors (Lipinski definition) is 5. The Balaban J connectivity index is 2.90. The summed E-state index contributed by atoms with van der Waals surface area (Å²) in [6.45, 7) is 9.54. The molecule has 26 heavy (non-hydrogen) atoms. The SMILES string of the molecule is CC(C)(C)OC(=O)C(C)(C(=O)O)C(C)(C)SC(=O)CCc1ccccc1. The Hall–Kier alpha value is -1.82. The van der Waals surface area contributed by atoms with Gasteiger partial charge in [0.1, 0.15) is 5.60 Å². The van der Waals surface area contributed by atoms with Crippen LogP contribution in [-0.2, 0) is 25.5 Å². The molecule has 0 aliphatic carbocycles. The topological polar surface area (TPSA) is 80.7 Å². The number of ether oxygens (including phenoxy) is 1. The minimum absolute atomic E-state index is 0.158. The van der Waals surface area contributed by atoms with Gasteiger partial charge in [0.2, 0.25) is 0 Å². The lowest BCUT2D eigenvalue weighted by Crippen LogP contribution is -2.53. The van der Waals surface area contributed by atoms with Gasteiger partial charge in [0, 0.05) is 11.2 Å². The highest BCUT2D eigenvalue weighted by molar-refractivity contribution is 8.14. The predicted octanol–water partition coefficient (Wildman–Crippen LogP) is 4.09. The lowest BCUT2D eigenvalue weighted by molar-refractivity contribution is -0.177. The molecule has 1 atom stereocenters. The van der Waals surface area contributed by atoms with Gasteiger partial charge in [-0.3, -0.25) is 14.4 Å². The molecule has 0 aromatic heterocycles. The van der Waals surface area contributed by atoms with Gasteiger partial charge in [-0.25, -0.2) is 0 Å². The quantitative estimate of drug-likeness (QED) is 0.567. The molecule has 0 bridgehead atoms. The molecule has 0 saturated carbocycles. The molecule has 0 aliphatic rings. The van der Waals surface area contributed by atoms with Crippen molar-refractivity contribution in [2.45, 2.75) is 64.7 Å². The number of carbonyl (C=O) groups excluding carboxylic acids is 2. The van der Waals surface area contributed by atoms with E-state index in [0.29, 0.717) is 6.42 Å². The van der Waals surface area contributed by atoms with Crippen molar-refractivity contribution < 1.29 is 24.2 Å². The molecule has 0 saturated heterocycles. The monoisotopic (exact) mass is 380 g/mol. The first-order valence-corrected chi connectivity index (χ1v) is 9.34. The van der Waals surface area contributed by atoms with Crippen molar-refractivity contribution in [2.75, 3.05) is 0 Å². The standard InChI is InChI=1S/C20H28O5S/c1-18(2,3)25-17(24)20(6,16(22)23)19(4,5)26-15(21)13-12-14-10-8-7-9-11-14/h7-11H,12-13H2,1-6H3,(H,22,23). The Kier molecular flexibility index (Phi) is 7.05. The normalized spacial score (nSPS) is 14.4. The Morgan fingerprint density at radius 1 is 1.00 bits per heavy atom. The molecular weight excluding hydrogens is 352 g/mol. The summed E-state index contributed by atoms with van der Waals surface area (Å²) in [6, 6.07) is 9.58. The number of esters is 1. The van der Waals surface area contributed by atoms with Crippen molar-refractivity contribution in [3.8, 4) is 0 Å². The van der Waals surface area contributed by atoms with Crippen LogP contribution in [0.5, 0.6) is 0 Å². The zero-order chi connectivity index (χ0) is 20.2. The van der Waals surface area contributed by atoms with Crippen molar-refractivity contribution >= 4 is 28.8 Å². The number of carboxylic acid groups (broad SMARTS) is 1. The molecule has 1 aromatic carbocycles. The van der Waals surface area contributed by atoms with Crippen LogP contribution in [0.3, 0.4) is 0 Å². The second kappa shape index (κ2) is 8.25. The summed E-state index contributed by atoms with van der Waals surface area (Å²) in [5, 5.41) is 9.57. The lowest BCUT2D eigenvalue weighted by atomic mass is 9.78. The van der Waals surface area contributed by atoms with Crippen molar-refractivity contribution in [1.29, 1.82) is 0 Å². The number of thioether (sulfide) groups is 1. The van der Waals surface area contributed by atoms with Crippen LogP contribution in [0.2, 0.25) is 0 Å². The summed E-state index contributed by atoms with van der Waals surface area (Å²) in [7, 11) is 0. The fraction of sp³-hybridized carbons (Fsp3) is 0.550. The number of aliphatic carboxylic acids is 1. The molecule has 6 heteroatoms. The largest absolute Gasteiger partial charge is 0.480 e. The van der Waals surface area contributed by atoms with Gasteiger partial charge in [-0.1, -0.05) is 42.1 Å². The van der Waals surface area contributed by atoms with Crippen LogP contribution >= 0.6 is 11.8 Å². The average molecular weight is 381 g/mol. The fourth-order valence-electron chi connectivity index (χ4n) is 2.30. The molecule has 0 spiro atoms. The van der Waals surface area contributed by atoms with Crippen LogP contribution in [-0.4, -0.2) is 32.5 Å². The first-order valence-electron chi connectivity index (χ1n) is 8.52. The molecule has 1 aromatic rings. The zero-order valence-corrected chi connectivity index (χ0v) is 17.1. The molecule has 1 rings (SSSR count). The van der Waals surface area contributed by atoms with E-state index >= 15 is 0 Å². The van der Waals surface area contributed by atoms with Gasteiger partial charge < -0.3 is 9.84 Å². The third-order valence-electron chi connectivity index (χ3n) is 4.27. The van der Waals surface area contributed by atoms with E-state index < -0.39 is 27.7 Å². The van der Waals surface area contributed by atoms with Crippen molar-refractivity contribution in [1.82, 2.24) is 0 Å². The number of carboxylic acids is 1. The molecule has 0 heterocycles. The van der Waals surface area contributed by atoms with Crippen LogP contribution in [0.15, 0.2) is 30.3 Å². The summed E-state index contributed by atoms with van der Waals surface area (Å²) in [5.41, 5.74) is -1.63. The van der Waals surface area contributed by atoms with Crippen molar-refractivity contribution in [2.24, 2.45) is 5.41 Å². The first kappa shape index (κ1) is 22.2. The van der Waals surface area contributed by atoms with Gasteiger partial charge in [0.25, 0.3) is 0 Å². The zero-order valence-electron chi connectivity index (χ0n) is 16.3. The highest BCUT2D eigenvalue weighted by Crippen LogP contribution is 2.44. The minimum atomic E-state index is -1.85. The smallest absolute Gasteiger partial charge is 0.325 e. The maximum atomic E-state index is 12.6. The maximum Gasteiger partial charge on any atom is 0.325 e. The van der Waals surface area contributed by atoms with Gasteiger partial charge in [0.15, 0.2) is 10.5 Å². The molecule has 1 N–H and O–H groups in total. The highest BCUT2D eigenvalue weighted by atomic mass is 32.2. The van der Waals surface area contributed by atoms with Gasteiger partial charge in [0.05, 0.1) is 0 Å². The van der Waals surface area contributed by atoms with Crippen LogP contribution < -0.4 is 0 Å². The van der Waals surface area contributed by atoms with E-state index in [9.17, 15) is 19.5 Å². The fourth-order valence-corrected chi connectivity index (χ4v) is 3.45. The van der Waals surface area contributed by atoms with E-state index in [1.807, 2.05) is 30.3 Å². The number of carbonyl (C=O) groups is 3. The first-order chi connectivity index (χ1) is 11.8. The number of benzene rings is 1. The average Bonchev–Trinajstić information content (AvgIpc) is 2.50. The van der Waals surface area contributed by atoms with Crippen LogP contribution in [0, 0.1) is 5.41 Å². The third kappa shape index (κ3) is 5.59. The molecule has 0 aliphatic heterocycles. The summed E-state index contributed by atoms with van der Waals surface area (Å²) < 4.78 is 4.15. The maximum absolute atomic E-state index is 12.6.